The average molecular weight is 326 g/mol. The second kappa shape index (κ2) is 6.19. The molecule has 0 aliphatic carbocycles. The summed E-state index contributed by atoms with van der Waals surface area (Å²) in [6.07, 6.45) is 3.19. The van der Waals surface area contributed by atoms with Crippen molar-refractivity contribution in [1.29, 1.82) is 0 Å². The lowest BCUT2D eigenvalue weighted by Crippen LogP contribution is -2.33. The lowest BCUT2D eigenvalue weighted by Gasteiger charge is -2.20. The Morgan fingerprint density at radius 2 is 2.25 bits per heavy atom. The molecule has 1 unspecified atom stereocenters. The number of carbonyl (C=O) groups excluding carboxylic acids is 1. The third kappa shape index (κ3) is 2.87. The summed E-state index contributed by atoms with van der Waals surface area (Å²) in [5.41, 5.74) is 7.03. The molecule has 3 heterocycles. The zero-order valence-corrected chi connectivity index (χ0v) is 13.1. The number of anilines is 1. The van der Waals surface area contributed by atoms with E-state index in [-0.39, 0.29) is 5.91 Å². The van der Waals surface area contributed by atoms with E-state index in [0.717, 1.165) is 11.5 Å². The van der Waals surface area contributed by atoms with Crippen molar-refractivity contribution in [3.05, 3.63) is 17.3 Å². The number of nitrogens with two attached hydrogens (primary N) is 1. The first-order valence-corrected chi connectivity index (χ1v) is 9.24. The fraction of sp³-hybridized carbons (Fsp3) is 0.417. The minimum absolute atomic E-state index is 0.122. The molecule has 0 aromatic carbocycles. The van der Waals surface area contributed by atoms with Gasteiger partial charge in [-0.05, 0) is 0 Å². The summed E-state index contributed by atoms with van der Waals surface area (Å²) in [5, 5.41) is 3.46. The van der Waals surface area contributed by atoms with Gasteiger partial charge in [0.2, 0.25) is 0 Å². The molecule has 5 nitrogen and oxygen atoms in total. The van der Waals surface area contributed by atoms with Crippen LogP contribution in [0.15, 0.2) is 12.4 Å². The van der Waals surface area contributed by atoms with Gasteiger partial charge in [-0.15, -0.1) is 11.3 Å². The van der Waals surface area contributed by atoms with Gasteiger partial charge >= 0.3 is 0 Å². The predicted octanol–water partition coefficient (Wildman–Crippen LogP) is 1.85. The van der Waals surface area contributed by atoms with Gasteiger partial charge in [-0.25, -0.2) is 9.97 Å². The van der Waals surface area contributed by atoms with Crippen molar-refractivity contribution < 1.29 is 4.79 Å². The Labute approximate surface area is 129 Å². The van der Waals surface area contributed by atoms with E-state index in [1.165, 1.54) is 17.1 Å². The van der Waals surface area contributed by atoms with Crippen LogP contribution in [0.2, 0.25) is 0 Å². The topological polar surface area (TPSA) is 80.9 Å². The van der Waals surface area contributed by atoms with E-state index >= 15 is 0 Å². The quantitative estimate of drug-likeness (QED) is 0.896. The van der Waals surface area contributed by atoms with Crippen molar-refractivity contribution in [3.8, 4) is 0 Å². The first-order valence-electron chi connectivity index (χ1n) is 6.22. The van der Waals surface area contributed by atoms with Crippen LogP contribution in [-0.4, -0.2) is 44.9 Å². The molecule has 2 aromatic rings. The zero-order chi connectivity index (χ0) is 13.9. The summed E-state index contributed by atoms with van der Waals surface area (Å²) in [6, 6.07) is 0. The number of carbonyl (C=O) groups is 1. The molecular weight excluding hydrogens is 312 g/mol. The number of aromatic nitrogens is 2. The molecule has 0 radical (unpaired) electrons. The maximum Gasteiger partial charge on any atom is 0.263 e. The third-order valence-corrected chi connectivity index (χ3v) is 6.89. The molecule has 3 rings (SSSR count). The highest BCUT2D eigenvalue weighted by Crippen LogP contribution is 2.30. The van der Waals surface area contributed by atoms with Crippen molar-refractivity contribution in [1.82, 2.24) is 15.3 Å². The van der Waals surface area contributed by atoms with Gasteiger partial charge in [0.15, 0.2) is 0 Å². The Hall–Kier alpha value is -0.990. The number of amides is 1. The Bertz CT molecular complexity index is 624. The van der Waals surface area contributed by atoms with Crippen LogP contribution in [0.3, 0.4) is 0 Å². The van der Waals surface area contributed by atoms with Crippen LogP contribution >= 0.6 is 34.9 Å². The summed E-state index contributed by atoms with van der Waals surface area (Å²) in [4.78, 5) is 21.8. The lowest BCUT2D eigenvalue weighted by atomic mass is 10.3. The molecule has 2 aromatic heterocycles. The highest BCUT2D eigenvalue weighted by Gasteiger charge is 2.20. The minimum Gasteiger partial charge on any atom is -0.396 e. The number of nitrogens with zero attached hydrogens (tertiary/aromatic N) is 2. The number of hydrogen-bond donors (Lipinski definition) is 2. The zero-order valence-electron chi connectivity index (χ0n) is 10.7. The highest BCUT2D eigenvalue weighted by molar-refractivity contribution is 8.06. The van der Waals surface area contributed by atoms with Crippen LogP contribution in [0.4, 0.5) is 5.69 Å². The van der Waals surface area contributed by atoms with E-state index in [1.807, 2.05) is 23.5 Å². The Morgan fingerprint density at radius 3 is 3.00 bits per heavy atom. The van der Waals surface area contributed by atoms with Crippen LogP contribution < -0.4 is 11.1 Å². The van der Waals surface area contributed by atoms with Crippen molar-refractivity contribution in [2.75, 3.05) is 29.5 Å². The number of thioether (sulfide) groups is 2. The van der Waals surface area contributed by atoms with Crippen molar-refractivity contribution >= 4 is 56.8 Å². The van der Waals surface area contributed by atoms with Crippen LogP contribution in [0.25, 0.3) is 10.3 Å². The van der Waals surface area contributed by atoms with Crippen LogP contribution in [0.1, 0.15) is 9.67 Å². The van der Waals surface area contributed by atoms with E-state index < -0.39 is 0 Å². The number of hydrogen-bond acceptors (Lipinski definition) is 7. The van der Waals surface area contributed by atoms with Gasteiger partial charge in [0.25, 0.3) is 5.91 Å². The fourth-order valence-corrected chi connectivity index (χ4v) is 5.50. The average Bonchev–Trinajstić information content (AvgIpc) is 2.84. The lowest BCUT2D eigenvalue weighted by molar-refractivity contribution is 0.0959. The van der Waals surface area contributed by atoms with Crippen LogP contribution in [0, 0.1) is 0 Å². The van der Waals surface area contributed by atoms with E-state index in [2.05, 4.69) is 15.3 Å². The van der Waals surface area contributed by atoms with Crippen molar-refractivity contribution in [2.24, 2.45) is 0 Å². The first-order chi connectivity index (χ1) is 9.75. The standard InChI is InChI=1S/C12H14N4OS3/c13-8-9-12(15-2-1-14-9)20-10(8)11(17)16-5-7-6-18-3-4-19-7/h1-2,7H,3-6,13H2,(H,16,17). The van der Waals surface area contributed by atoms with Crippen molar-refractivity contribution in [2.45, 2.75) is 5.25 Å². The first kappa shape index (κ1) is 14.0. The maximum absolute atomic E-state index is 12.2. The molecular formula is C12H14N4OS3. The fourth-order valence-electron chi connectivity index (χ4n) is 1.95. The van der Waals surface area contributed by atoms with Gasteiger partial charge in [-0.1, -0.05) is 0 Å². The van der Waals surface area contributed by atoms with Crippen molar-refractivity contribution in [3.63, 3.8) is 0 Å². The molecule has 0 bridgehead atoms. The molecule has 1 saturated heterocycles. The smallest absolute Gasteiger partial charge is 0.263 e. The molecule has 1 atom stereocenters. The van der Waals surface area contributed by atoms with E-state index in [1.54, 1.807) is 12.4 Å². The van der Waals surface area contributed by atoms with E-state index in [0.29, 0.717) is 32.7 Å². The third-order valence-electron chi connectivity index (χ3n) is 2.94. The van der Waals surface area contributed by atoms with Crippen LogP contribution in [0.5, 0.6) is 0 Å². The summed E-state index contributed by atoms with van der Waals surface area (Å²) >= 11 is 5.16. The second-order valence-electron chi connectivity index (χ2n) is 4.33. The molecule has 8 heteroatoms. The van der Waals surface area contributed by atoms with Gasteiger partial charge in [-0.2, -0.15) is 23.5 Å². The number of nitrogen functional groups attached to an aromatic ring is 1. The molecule has 106 valence electrons. The van der Waals surface area contributed by atoms with Gasteiger partial charge in [0.1, 0.15) is 15.2 Å². The Balaban J connectivity index is 1.70. The maximum atomic E-state index is 12.2. The molecule has 0 saturated carbocycles. The molecule has 20 heavy (non-hydrogen) atoms. The van der Waals surface area contributed by atoms with E-state index in [9.17, 15) is 4.79 Å². The number of rotatable bonds is 3. The van der Waals surface area contributed by atoms with E-state index in [4.69, 9.17) is 5.73 Å². The number of nitrogens with one attached hydrogen (secondary N) is 1. The summed E-state index contributed by atoms with van der Waals surface area (Å²) in [6.45, 7) is 0.686. The minimum atomic E-state index is -0.122. The predicted molar refractivity (Wildman–Crippen MR) is 87.7 cm³/mol. The normalized spacial score (nSPS) is 19.1. The largest absolute Gasteiger partial charge is 0.396 e. The second-order valence-corrected chi connectivity index (χ2v) is 7.89. The number of thiophene rings is 1. The molecule has 1 fully saturated rings. The Kier molecular flexibility index (Phi) is 4.32. The van der Waals surface area contributed by atoms with Gasteiger partial charge in [0, 0.05) is 41.4 Å². The SMILES string of the molecule is Nc1c(C(=O)NCC2CSCCS2)sc2nccnc12. The summed E-state index contributed by atoms with van der Waals surface area (Å²) in [7, 11) is 0. The number of fused-ring (bicyclic) bond motifs is 1. The highest BCUT2D eigenvalue weighted by atomic mass is 32.2. The molecule has 0 spiro atoms. The molecule has 1 aliphatic heterocycles. The van der Waals surface area contributed by atoms with Crippen LogP contribution in [-0.2, 0) is 0 Å². The van der Waals surface area contributed by atoms with Gasteiger partial charge in [-0.3, -0.25) is 4.79 Å². The summed E-state index contributed by atoms with van der Waals surface area (Å²) in [5.74, 6) is 3.33. The van der Waals surface area contributed by atoms with Gasteiger partial charge < -0.3 is 11.1 Å². The Morgan fingerprint density at radius 1 is 1.40 bits per heavy atom. The molecule has 1 amide bonds. The molecule has 1 aliphatic rings. The molecule has 3 N–H and O–H groups in total. The monoisotopic (exact) mass is 326 g/mol. The summed E-state index contributed by atoms with van der Waals surface area (Å²) < 4.78 is 0. The van der Waals surface area contributed by atoms with Gasteiger partial charge in [0.05, 0.1) is 5.69 Å².